The van der Waals surface area contributed by atoms with Crippen LogP contribution in [-0.2, 0) is 26.2 Å². The van der Waals surface area contributed by atoms with E-state index < -0.39 is 28.5 Å². The van der Waals surface area contributed by atoms with Crippen molar-refractivity contribution in [1.29, 1.82) is 0 Å². The third-order valence-electron chi connectivity index (χ3n) is 5.87. The number of halogens is 2. The Balaban J connectivity index is 2.04. The predicted octanol–water partition coefficient (Wildman–Crippen LogP) is 5.44. The first-order chi connectivity index (χ1) is 17.9. The molecule has 0 saturated heterocycles. The van der Waals surface area contributed by atoms with Crippen LogP contribution >= 0.6 is 23.2 Å². The SMILES string of the molecule is Cc1ccc(S(=O)(=O)N(CC(=O)N(Cc2ccccc2)[C@H](C)C(=O)NC(C)C)c2ccc(Cl)c(Cl)c2)cc1. The summed E-state index contributed by atoms with van der Waals surface area (Å²) < 4.78 is 28.6. The minimum absolute atomic E-state index is 0.0159. The van der Waals surface area contributed by atoms with Gasteiger partial charge >= 0.3 is 0 Å². The van der Waals surface area contributed by atoms with Crippen molar-refractivity contribution < 1.29 is 18.0 Å². The third kappa shape index (κ3) is 7.28. The van der Waals surface area contributed by atoms with Gasteiger partial charge in [0.2, 0.25) is 11.8 Å². The van der Waals surface area contributed by atoms with Crippen LogP contribution < -0.4 is 9.62 Å². The lowest BCUT2D eigenvalue weighted by Crippen LogP contribution is -2.52. The van der Waals surface area contributed by atoms with Crippen LogP contribution in [0.5, 0.6) is 0 Å². The second-order valence-corrected chi connectivity index (χ2v) is 11.9. The fourth-order valence-electron chi connectivity index (χ4n) is 3.77. The topological polar surface area (TPSA) is 86.8 Å². The number of rotatable bonds is 10. The van der Waals surface area contributed by atoms with Crippen molar-refractivity contribution in [3.8, 4) is 0 Å². The molecule has 0 spiro atoms. The van der Waals surface area contributed by atoms with E-state index in [0.29, 0.717) is 0 Å². The number of hydrogen-bond acceptors (Lipinski definition) is 4. The number of carbonyl (C=O) groups excluding carboxylic acids is 2. The summed E-state index contributed by atoms with van der Waals surface area (Å²) in [7, 11) is -4.18. The fourth-order valence-corrected chi connectivity index (χ4v) is 5.47. The number of benzene rings is 3. The summed E-state index contributed by atoms with van der Waals surface area (Å²) >= 11 is 12.3. The maximum atomic E-state index is 13.8. The summed E-state index contributed by atoms with van der Waals surface area (Å²) in [6, 6.07) is 18.9. The van der Waals surface area contributed by atoms with Gasteiger partial charge in [0.1, 0.15) is 12.6 Å². The van der Waals surface area contributed by atoms with E-state index in [9.17, 15) is 18.0 Å². The highest BCUT2D eigenvalue weighted by atomic mass is 35.5. The minimum Gasteiger partial charge on any atom is -0.352 e. The molecule has 202 valence electrons. The molecule has 0 aliphatic carbocycles. The first-order valence-electron chi connectivity index (χ1n) is 12.1. The van der Waals surface area contributed by atoms with Crippen molar-refractivity contribution in [3.05, 3.63) is 94.0 Å². The predicted molar refractivity (Wildman–Crippen MR) is 152 cm³/mol. The van der Waals surface area contributed by atoms with E-state index >= 15 is 0 Å². The van der Waals surface area contributed by atoms with Crippen molar-refractivity contribution in [3.63, 3.8) is 0 Å². The monoisotopic (exact) mass is 575 g/mol. The molecule has 0 saturated carbocycles. The number of carbonyl (C=O) groups is 2. The van der Waals surface area contributed by atoms with Gasteiger partial charge < -0.3 is 10.2 Å². The van der Waals surface area contributed by atoms with Gasteiger partial charge in [-0.05, 0) is 63.6 Å². The van der Waals surface area contributed by atoms with Gasteiger partial charge in [0.25, 0.3) is 10.0 Å². The van der Waals surface area contributed by atoms with Crippen LogP contribution in [0.15, 0.2) is 77.7 Å². The Labute approximate surface area is 234 Å². The van der Waals surface area contributed by atoms with E-state index in [4.69, 9.17) is 23.2 Å². The van der Waals surface area contributed by atoms with Crippen molar-refractivity contribution >= 4 is 50.7 Å². The standard InChI is InChI=1S/C28H31Cl2N3O4S/c1-19(2)31-28(35)21(4)32(17-22-8-6-5-7-9-22)27(34)18-33(23-12-15-25(29)26(30)16-23)38(36,37)24-13-10-20(3)11-14-24/h5-16,19,21H,17-18H2,1-4H3,(H,31,35)/t21-/m1/s1. The molecule has 2 amide bonds. The van der Waals surface area contributed by atoms with E-state index in [0.717, 1.165) is 15.4 Å². The number of nitrogens with one attached hydrogen (secondary N) is 1. The number of anilines is 1. The lowest BCUT2D eigenvalue weighted by molar-refractivity contribution is -0.139. The molecule has 7 nitrogen and oxygen atoms in total. The Hall–Kier alpha value is -3.07. The first-order valence-corrected chi connectivity index (χ1v) is 14.3. The Morgan fingerprint density at radius 1 is 0.895 bits per heavy atom. The van der Waals surface area contributed by atoms with Gasteiger partial charge in [-0.15, -0.1) is 0 Å². The quantitative estimate of drug-likeness (QED) is 0.348. The number of hydrogen-bond donors (Lipinski definition) is 1. The van der Waals surface area contributed by atoms with Gasteiger partial charge in [0.15, 0.2) is 0 Å². The van der Waals surface area contributed by atoms with E-state index in [-0.39, 0.29) is 39.1 Å². The Morgan fingerprint density at radius 2 is 1.53 bits per heavy atom. The van der Waals surface area contributed by atoms with Crippen LogP contribution in [0.2, 0.25) is 10.0 Å². The lowest BCUT2D eigenvalue weighted by Gasteiger charge is -2.32. The molecule has 0 radical (unpaired) electrons. The van der Waals surface area contributed by atoms with E-state index in [1.807, 2.05) is 51.1 Å². The van der Waals surface area contributed by atoms with E-state index in [1.165, 1.54) is 35.2 Å². The smallest absolute Gasteiger partial charge is 0.264 e. The zero-order valence-electron chi connectivity index (χ0n) is 21.7. The van der Waals surface area contributed by atoms with Crippen LogP contribution in [0.4, 0.5) is 5.69 Å². The molecule has 0 heterocycles. The molecule has 3 aromatic carbocycles. The highest BCUT2D eigenvalue weighted by Crippen LogP contribution is 2.31. The van der Waals surface area contributed by atoms with Gasteiger partial charge in [-0.2, -0.15) is 0 Å². The fraction of sp³-hybridized carbons (Fsp3) is 0.286. The normalized spacial score (nSPS) is 12.2. The molecule has 0 fully saturated rings. The van der Waals surface area contributed by atoms with Crippen LogP contribution in [0.3, 0.4) is 0 Å². The number of amides is 2. The average Bonchev–Trinajstić information content (AvgIpc) is 2.87. The zero-order valence-corrected chi connectivity index (χ0v) is 24.0. The van der Waals surface area contributed by atoms with Crippen molar-refractivity contribution in [1.82, 2.24) is 10.2 Å². The van der Waals surface area contributed by atoms with E-state index in [2.05, 4.69) is 5.32 Å². The molecule has 3 rings (SSSR count). The molecule has 0 unspecified atom stereocenters. The molecule has 0 aliphatic rings. The maximum absolute atomic E-state index is 13.8. The van der Waals surface area contributed by atoms with E-state index in [1.54, 1.807) is 19.1 Å². The van der Waals surface area contributed by atoms with Gasteiger partial charge in [-0.1, -0.05) is 71.2 Å². The Morgan fingerprint density at radius 3 is 2.11 bits per heavy atom. The van der Waals surface area contributed by atoms with Crippen LogP contribution in [0, 0.1) is 6.92 Å². The van der Waals surface area contributed by atoms with Gasteiger partial charge in [-0.3, -0.25) is 13.9 Å². The number of sulfonamides is 1. The molecule has 0 bridgehead atoms. The summed E-state index contributed by atoms with van der Waals surface area (Å²) in [5.41, 5.74) is 1.86. The Bertz CT molecular complexity index is 1380. The second kappa shape index (κ2) is 12.7. The maximum Gasteiger partial charge on any atom is 0.264 e. The molecule has 10 heteroatoms. The average molecular weight is 577 g/mol. The highest BCUT2D eigenvalue weighted by molar-refractivity contribution is 7.92. The molecule has 1 N–H and O–H groups in total. The lowest BCUT2D eigenvalue weighted by atomic mass is 10.1. The van der Waals surface area contributed by atoms with Crippen LogP contribution in [-0.4, -0.2) is 43.8 Å². The molecule has 3 aromatic rings. The molecular weight excluding hydrogens is 545 g/mol. The van der Waals surface area contributed by atoms with Crippen molar-refractivity contribution in [2.45, 2.75) is 51.2 Å². The number of nitrogens with zero attached hydrogens (tertiary/aromatic N) is 2. The molecule has 1 atom stereocenters. The van der Waals surface area contributed by atoms with Gasteiger partial charge in [-0.25, -0.2) is 8.42 Å². The van der Waals surface area contributed by atoms with Gasteiger partial charge in [0.05, 0.1) is 20.6 Å². The minimum atomic E-state index is -4.18. The highest BCUT2D eigenvalue weighted by Gasteiger charge is 2.32. The molecule has 0 aliphatic heterocycles. The van der Waals surface area contributed by atoms with Gasteiger partial charge in [0, 0.05) is 12.6 Å². The largest absolute Gasteiger partial charge is 0.352 e. The van der Waals surface area contributed by atoms with Crippen molar-refractivity contribution in [2.75, 3.05) is 10.8 Å². The summed E-state index contributed by atoms with van der Waals surface area (Å²) in [5.74, 6) is -0.895. The Kier molecular flexibility index (Phi) is 9.82. The summed E-state index contributed by atoms with van der Waals surface area (Å²) in [5, 5.41) is 3.22. The number of aryl methyl sites for hydroxylation is 1. The van der Waals surface area contributed by atoms with Crippen molar-refractivity contribution in [2.24, 2.45) is 0 Å². The zero-order chi connectivity index (χ0) is 28.0. The van der Waals surface area contributed by atoms with Crippen LogP contribution in [0.25, 0.3) is 0 Å². The molecule has 38 heavy (non-hydrogen) atoms. The second-order valence-electron chi connectivity index (χ2n) is 9.27. The summed E-state index contributed by atoms with van der Waals surface area (Å²) in [6.07, 6.45) is 0. The molecular formula is C28H31Cl2N3O4S. The summed E-state index contributed by atoms with van der Waals surface area (Å²) in [4.78, 5) is 28.1. The molecule has 0 aromatic heterocycles. The third-order valence-corrected chi connectivity index (χ3v) is 8.40. The van der Waals surface area contributed by atoms with Crippen LogP contribution in [0.1, 0.15) is 31.9 Å². The summed E-state index contributed by atoms with van der Waals surface area (Å²) in [6.45, 7) is 6.69. The first kappa shape index (κ1) is 29.5.